The van der Waals surface area contributed by atoms with E-state index < -0.39 is 0 Å². The van der Waals surface area contributed by atoms with Crippen LogP contribution in [-0.4, -0.2) is 18.5 Å². The van der Waals surface area contributed by atoms with Crippen molar-refractivity contribution in [2.24, 2.45) is 4.99 Å². The molecule has 12 heavy (non-hydrogen) atoms. The summed E-state index contributed by atoms with van der Waals surface area (Å²) in [6.45, 7) is 11.2. The summed E-state index contributed by atoms with van der Waals surface area (Å²) in [6, 6.07) is 0. The van der Waals surface area contributed by atoms with Crippen LogP contribution in [0.5, 0.6) is 0 Å². The minimum atomic E-state index is 0.167. The SMILES string of the molecule is CC(C)=O.CCC.CN=C(C)C. The van der Waals surface area contributed by atoms with Gasteiger partial charge < -0.3 is 4.79 Å². The molecule has 0 aliphatic heterocycles. The first-order chi connectivity index (χ1) is 5.42. The molecule has 0 rings (SSSR count). The van der Waals surface area contributed by atoms with Crippen molar-refractivity contribution in [2.75, 3.05) is 7.05 Å². The van der Waals surface area contributed by atoms with Crippen LogP contribution in [-0.2, 0) is 4.79 Å². The molecule has 0 saturated heterocycles. The Balaban J connectivity index is -0.000000105. The van der Waals surface area contributed by atoms with Crippen molar-refractivity contribution >= 4 is 11.5 Å². The summed E-state index contributed by atoms with van der Waals surface area (Å²) < 4.78 is 0. The third-order valence-electron chi connectivity index (χ3n) is 0.447. The number of carbonyl (C=O) groups is 1. The predicted octanol–water partition coefficient (Wildman–Crippen LogP) is 3.11. The molecule has 2 heteroatoms. The van der Waals surface area contributed by atoms with Crippen LogP contribution in [0.1, 0.15) is 48.0 Å². The number of Topliss-reactive ketones (excluding diaryl/α,β-unsaturated/α-hetero) is 1. The van der Waals surface area contributed by atoms with Gasteiger partial charge in [-0.15, -0.1) is 0 Å². The minimum Gasteiger partial charge on any atom is -0.300 e. The molecule has 0 heterocycles. The Labute approximate surface area is 77.1 Å². The van der Waals surface area contributed by atoms with Gasteiger partial charge in [-0.3, -0.25) is 4.99 Å². The lowest BCUT2D eigenvalue weighted by Crippen LogP contribution is -1.74. The zero-order valence-electron chi connectivity index (χ0n) is 9.56. The van der Waals surface area contributed by atoms with Crippen LogP contribution in [0.15, 0.2) is 4.99 Å². The van der Waals surface area contributed by atoms with Gasteiger partial charge in [0.05, 0.1) is 0 Å². The number of ketones is 1. The lowest BCUT2D eigenvalue weighted by Gasteiger charge is -1.74. The number of hydrogen-bond acceptors (Lipinski definition) is 2. The Hall–Kier alpha value is -0.660. The number of rotatable bonds is 0. The van der Waals surface area contributed by atoms with Crippen LogP contribution in [0.4, 0.5) is 0 Å². The first-order valence-corrected chi connectivity index (χ1v) is 4.29. The topological polar surface area (TPSA) is 29.4 Å². The molecule has 74 valence electrons. The largest absolute Gasteiger partial charge is 0.300 e. The highest BCUT2D eigenvalue weighted by atomic mass is 16.1. The third kappa shape index (κ3) is 362. The van der Waals surface area contributed by atoms with Crippen molar-refractivity contribution in [3.05, 3.63) is 0 Å². The summed E-state index contributed by atoms with van der Waals surface area (Å²) >= 11 is 0. The molecule has 0 N–H and O–H groups in total. The monoisotopic (exact) mass is 173 g/mol. The fraction of sp³-hybridized carbons (Fsp3) is 0.800. The third-order valence-corrected chi connectivity index (χ3v) is 0.447. The highest BCUT2D eigenvalue weighted by Gasteiger charge is 1.62. The normalized spacial score (nSPS) is 6.58. The van der Waals surface area contributed by atoms with Gasteiger partial charge in [0.1, 0.15) is 5.78 Å². The number of carbonyl (C=O) groups excluding carboxylic acids is 1. The Kier molecular flexibility index (Phi) is 24.3. The Morgan fingerprint density at radius 3 is 1.17 bits per heavy atom. The Morgan fingerprint density at radius 2 is 1.17 bits per heavy atom. The minimum absolute atomic E-state index is 0.167. The first-order valence-electron chi connectivity index (χ1n) is 4.29. The summed E-state index contributed by atoms with van der Waals surface area (Å²) in [7, 11) is 1.79. The van der Waals surface area contributed by atoms with Crippen molar-refractivity contribution in [1.82, 2.24) is 0 Å². The van der Waals surface area contributed by atoms with Crippen molar-refractivity contribution in [2.45, 2.75) is 48.0 Å². The molecule has 0 aliphatic carbocycles. The van der Waals surface area contributed by atoms with E-state index in [9.17, 15) is 4.79 Å². The van der Waals surface area contributed by atoms with Crippen molar-refractivity contribution < 1.29 is 4.79 Å². The Morgan fingerprint density at radius 1 is 1.08 bits per heavy atom. The van der Waals surface area contributed by atoms with Gasteiger partial charge in [0, 0.05) is 12.8 Å². The maximum absolute atomic E-state index is 9.44. The molecule has 0 amide bonds. The first kappa shape index (κ1) is 17.4. The van der Waals surface area contributed by atoms with Crippen molar-refractivity contribution in [3.8, 4) is 0 Å². The summed E-state index contributed by atoms with van der Waals surface area (Å²) in [5.41, 5.74) is 1.13. The molecule has 0 bridgehead atoms. The molecule has 0 aromatic heterocycles. The lowest BCUT2D eigenvalue weighted by molar-refractivity contribution is -0.114. The van der Waals surface area contributed by atoms with Crippen LogP contribution in [0.3, 0.4) is 0 Å². The number of aliphatic imine (C=N–C) groups is 1. The molecular formula is C10H23NO. The summed E-state index contributed by atoms with van der Waals surface area (Å²) in [6.07, 6.45) is 1.25. The van der Waals surface area contributed by atoms with Crippen LogP contribution >= 0.6 is 0 Å². The van der Waals surface area contributed by atoms with Crippen molar-refractivity contribution in [1.29, 1.82) is 0 Å². The van der Waals surface area contributed by atoms with E-state index in [0.29, 0.717) is 0 Å². The van der Waals surface area contributed by atoms with E-state index in [-0.39, 0.29) is 5.78 Å². The van der Waals surface area contributed by atoms with Gasteiger partial charge >= 0.3 is 0 Å². The molecule has 0 saturated carbocycles. The molecule has 0 spiro atoms. The molecule has 0 aromatic carbocycles. The smallest absolute Gasteiger partial charge is 0.126 e. The maximum Gasteiger partial charge on any atom is 0.126 e. The van der Waals surface area contributed by atoms with Gasteiger partial charge in [-0.2, -0.15) is 0 Å². The average molecular weight is 173 g/mol. The average Bonchev–Trinajstić information content (AvgIpc) is 1.88. The van der Waals surface area contributed by atoms with E-state index in [1.54, 1.807) is 7.05 Å². The van der Waals surface area contributed by atoms with Gasteiger partial charge in [-0.05, 0) is 27.7 Å². The quantitative estimate of drug-likeness (QED) is 0.517. The molecule has 0 atom stereocenters. The molecule has 0 fully saturated rings. The highest BCUT2D eigenvalue weighted by Crippen LogP contribution is 1.63. The predicted molar refractivity (Wildman–Crippen MR) is 57.0 cm³/mol. The lowest BCUT2D eigenvalue weighted by atomic mass is 10.5. The van der Waals surface area contributed by atoms with Crippen LogP contribution in [0.2, 0.25) is 0 Å². The van der Waals surface area contributed by atoms with Crippen LogP contribution in [0.25, 0.3) is 0 Å². The van der Waals surface area contributed by atoms with E-state index in [1.807, 2.05) is 13.8 Å². The molecule has 0 aliphatic rings. The fourth-order valence-corrected chi connectivity index (χ4v) is 0. The van der Waals surface area contributed by atoms with Gasteiger partial charge in [-0.25, -0.2) is 0 Å². The zero-order valence-corrected chi connectivity index (χ0v) is 9.56. The molecule has 0 aromatic rings. The van der Waals surface area contributed by atoms with Crippen LogP contribution < -0.4 is 0 Å². The summed E-state index contributed by atoms with van der Waals surface area (Å²) in [5, 5.41) is 0. The zero-order chi connectivity index (χ0) is 10.6. The van der Waals surface area contributed by atoms with Crippen LogP contribution in [0, 0.1) is 0 Å². The number of hydrogen-bond donors (Lipinski definition) is 0. The van der Waals surface area contributed by atoms with E-state index >= 15 is 0 Å². The van der Waals surface area contributed by atoms with Gasteiger partial charge in [0.15, 0.2) is 0 Å². The molecular weight excluding hydrogens is 150 g/mol. The Bertz CT molecular complexity index is 109. The second-order valence-electron chi connectivity index (χ2n) is 2.79. The van der Waals surface area contributed by atoms with Gasteiger partial charge in [0.25, 0.3) is 0 Å². The molecule has 2 nitrogen and oxygen atoms in total. The van der Waals surface area contributed by atoms with E-state index in [2.05, 4.69) is 18.8 Å². The second kappa shape index (κ2) is 16.7. The van der Waals surface area contributed by atoms with E-state index in [1.165, 1.54) is 20.3 Å². The summed E-state index contributed by atoms with van der Waals surface area (Å²) in [5.74, 6) is 0.167. The molecule has 0 unspecified atom stereocenters. The molecule has 0 radical (unpaired) electrons. The number of nitrogens with zero attached hydrogens (tertiary/aromatic N) is 1. The second-order valence-corrected chi connectivity index (χ2v) is 2.79. The van der Waals surface area contributed by atoms with E-state index in [0.717, 1.165) is 5.71 Å². The van der Waals surface area contributed by atoms with Gasteiger partial charge in [0.2, 0.25) is 0 Å². The van der Waals surface area contributed by atoms with Crippen molar-refractivity contribution in [3.63, 3.8) is 0 Å². The summed E-state index contributed by atoms with van der Waals surface area (Å²) in [4.78, 5) is 13.2. The highest BCUT2D eigenvalue weighted by molar-refractivity contribution is 5.78. The van der Waals surface area contributed by atoms with Gasteiger partial charge in [-0.1, -0.05) is 20.3 Å². The maximum atomic E-state index is 9.44. The standard InChI is InChI=1S/C4H9N.C3H6O.C3H8/c1-4(2)5-3;1-3(2)4;1-3-2/h1-3H3;1-2H3;3H2,1-2H3. The fourth-order valence-electron chi connectivity index (χ4n) is 0. The van der Waals surface area contributed by atoms with E-state index in [4.69, 9.17) is 0 Å².